The van der Waals surface area contributed by atoms with Gasteiger partial charge in [-0.1, -0.05) is 48.5 Å². The molecule has 0 aliphatic heterocycles. The van der Waals surface area contributed by atoms with Crippen molar-refractivity contribution >= 4 is 5.91 Å². The maximum atomic E-state index is 13.9. The summed E-state index contributed by atoms with van der Waals surface area (Å²) in [6, 6.07) is 17.2. The largest absolute Gasteiger partial charge is 0.345 e. The van der Waals surface area contributed by atoms with E-state index in [1.807, 2.05) is 49.4 Å². The van der Waals surface area contributed by atoms with Crippen LogP contribution in [0, 0.1) is 5.82 Å². The van der Waals surface area contributed by atoms with Gasteiger partial charge in [-0.2, -0.15) is 0 Å². The lowest BCUT2D eigenvalue weighted by molar-refractivity contribution is -0.917. The molecule has 0 heterocycles. The first-order valence-corrected chi connectivity index (χ1v) is 8.56. The maximum absolute atomic E-state index is 13.9. The molecule has 1 unspecified atom stereocenters. The zero-order valence-electron chi connectivity index (χ0n) is 14.0. The van der Waals surface area contributed by atoms with Gasteiger partial charge < -0.3 is 10.2 Å². The summed E-state index contributed by atoms with van der Waals surface area (Å²) in [6.45, 7) is 2.93. The Kier molecular flexibility index (Phi) is 5.26. The molecule has 1 aliphatic carbocycles. The van der Waals surface area contributed by atoms with E-state index >= 15 is 0 Å². The van der Waals surface area contributed by atoms with Crippen LogP contribution in [0.4, 0.5) is 4.39 Å². The van der Waals surface area contributed by atoms with Crippen molar-refractivity contribution in [1.29, 1.82) is 0 Å². The Morgan fingerprint density at radius 2 is 1.83 bits per heavy atom. The molecule has 2 aromatic rings. The van der Waals surface area contributed by atoms with Crippen molar-refractivity contribution < 1.29 is 14.1 Å². The van der Waals surface area contributed by atoms with Crippen LogP contribution in [0.2, 0.25) is 0 Å². The van der Waals surface area contributed by atoms with Gasteiger partial charge in [-0.15, -0.1) is 0 Å². The van der Waals surface area contributed by atoms with E-state index in [-0.39, 0.29) is 17.8 Å². The zero-order chi connectivity index (χ0) is 16.9. The van der Waals surface area contributed by atoms with Crippen molar-refractivity contribution in [3.8, 4) is 0 Å². The van der Waals surface area contributed by atoms with E-state index < -0.39 is 0 Å². The average Bonchev–Trinajstić information content (AvgIpc) is 3.42. The third-order valence-corrected chi connectivity index (χ3v) is 4.59. The molecule has 0 saturated heterocycles. The second-order valence-corrected chi connectivity index (χ2v) is 6.58. The number of hydrogen-bond acceptors (Lipinski definition) is 1. The van der Waals surface area contributed by atoms with Crippen LogP contribution >= 0.6 is 0 Å². The SMILES string of the molecule is C[C@@H](NC(=O)C[NH+](Cc1ccccc1F)C1CC1)c1ccccc1. The molecular weight excluding hydrogens is 303 g/mol. The molecular formula is C20H24FN2O+. The summed E-state index contributed by atoms with van der Waals surface area (Å²) in [4.78, 5) is 13.6. The normalized spacial score (nSPS) is 16.4. The van der Waals surface area contributed by atoms with Crippen LogP contribution in [-0.2, 0) is 11.3 Å². The third-order valence-electron chi connectivity index (χ3n) is 4.59. The summed E-state index contributed by atoms with van der Waals surface area (Å²) in [5.74, 6) is -0.168. The molecule has 4 heteroatoms. The summed E-state index contributed by atoms with van der Waals surface area (Å²) in [5, 5.41) is 3.06. The minimum Gasteiger partial charge on any atom is -0.345 e. The number of hydrogen-bond donors (Lipinski definition) is 2. The molecule has 3 nitrogen and oxygen atoms in total. The Balaban J connectivity index is 1.59. The van der Waals surface area contributed by atoms with E-state index in [0.29, 0.717) is 24.7 Å². The van der Waals surface area contributed by atoms with Crippen molar-refractivity contribution in [2.75, 3.05) is 6.54 Å². The van der Waals surface area contributed by atoms with Gasteiger partial charge in [-0.3, -0.25) is 4.79 Å². The number of nitrogens with one attached hydrogen (secondary N) is 2. The average molecular weight is 327 g/mol. The Hall–Kier alpha value is -2.20. The second-order valence-electron chi connectivity index (χ2n) is 6.58. The summed E-state index contributed by atoms with van der Waals surface area (Å²) >= 11 is 0. The topological polar surface area (TPSA) is 33.5 Å². The minimum absolute atomic E-state index is 0.0181. The molecule has 0 spiro atoms. The molecule has 3 rings (SSSR count). The number of amides is 1. The fourth-order valence-electron chi connectivity index (χ4n) is 3.05. The van der Waals surface area contributed by atoms with Crippen LogP contribution in [-0.4, -0.2) is 18.5 Å². The molecule has 1 fully saturated rings. The third kappa shape index (κ3) is 4.42. The molecule has 0 aromatic heterocycles. The molecule has 1 amide bonds. The van der Waals surface area contributed by atoms with Crippen molar-refractivity contribution in [3.05, 3.63) is 71.5 Å². The van der Waals surface area contributed by atoms with Gasteiger partial charge in [-0.05, 0) is 18.6 Å². The van der Waals surface area contributed by atoms with Crippen LogP contribution in [0.25, 0.3) is 0 Å². The van der Waals surface area contributed by atoms with E-state index in [0.717, 1.165) is 23.3 Å². The Labute approximate surface area is 142 Å². The van der Waals surface area contributed by atoms with Crippen molar-refractivity contribution in [2.24, 2.45) is 0 Å². The van der Waals surface area contributed by atoms with Crippen molar-refractivity contribution in [3.63, 3.8) is 0 Å². The predicted octanol–water partition coefficient (Wildman–Crippen LogP) is 2.25. The number of benzene rings is 2. The highest BCUT2D eigenvalue weighted by atomic mass is 19.1. The molecule has 1 saturated carbocycles. The van der Waals surface area contributed by atoms with Crippen LogP contribution in [0.1, 0.15) is 36.9 Å². The zero-order valence-corrected chi connectivity index (χ0v) is 14.0. The van der Waals surface area contributed by atoms with Gasteiger partial charge in [0.1, 0.15) is 12.4 Å². The van der Waals surface area contributed by atoms with Gasteiger partial charge in [0.25, 0.3) is 5.91 Å². The molecule has 2 atom stereocenters. The Bertz CT molecular complexity index is 685. The summed E-state index contributed by atoms with van der Waals surface area (Å²) < 4.78 is 13.9. The lowest BCUT2D eigenvalue weighted by Gasteiger charge is -2.21. The quantitative estimate of drug-likeness (QED) is 0.803. The Morgan fingerprint density at radius 3 is 2.50 bits per heavy atom. The van der Waals surface area contributed by atoms with Crippen LogP contribution < -0.4 is 10.2 Å². The highest BCUT2D eigenvalue weighted by Crippen LogP contribution is 2.16. The van der Waals surface area contributed by atoms with Gasteiger partial charge in [-0.25, -0.2) is 4.39 Å². The fraction of sp³-hybridized carbons (Fsp3) is 0.350. The first-order chi connectivity index (χ1) is 11.6. The van der Waals surface area contributed by atoms with E-state index in [4.69, 9.17) is 0 Å². The van der Waals surface area contributed by atoms with Crippen LogP contribution in [0.3, 0.4) is 0 Å². The highest BCUT2D eigenvalue weighted by molar-refractivity contribution is 5.77. The maximum Gasteiger partial charge on any atom is 0.275 e. The van der Waals surface area contributed by atoms with E-state index in [1.54, 1.807) is 6.07 Å². The minimum atomic E-state index is -0.186. The standard InChI is InChI=1S/C20H23FN2O/c1-15(16-7-3-2-4-8-16)22-20(24)14-23(18-11-12-18)13-17-9-5-6-10-19(17)21/h2-10,15,18H,11-14H2,1H3,(H,22,24)/p+1/t15-/m1/s1. The number of carbonyl (C=O) groups excluding carboxylic acids is 1. The summed E-state index contributed by atoms with van der Waals surface area (Å²) in [7, 11) is 0. The fourth-order valence-corrected chi connectivity index (χ4v) is 3.05. The van der Waals surface area contributed by atoms with Crippen LogP contribution in [0.15, 0.2) is 54.6 Å². The first kappa shape index (κ1) is 16.7. The van der Waals surface area contributed by atoms with E-state index in [1.165, 1.54) is 6.07 Å². The van der Waals surface area contributed by atoms with E-state index in [9.17, 15) is 9.18 Å². The predicted molar refractivity (Wildman–Crippen MR) is 92.0 cm³/mol. The van der Waals surface area contributed by atoms with Gasteiger partial charge in [0.2, 0.25) is 0 Å². The van der Waals surface area contributed by atoms with Crippen molar-refractivity contribution in [2.45, 2.75) is 38.4 Å². The first-order valence-electron chi connectivity index (χ1n) is 8.56. The lowest BCUT2D eigenvalue weighted by atomic mass is 10.1. The number of carbonyl (C=O) groups is 1. The molecule has 1 aliphatic rings. The van der Waals surface area contributed by atoms with Gasteiger partial charge in [0, 0.05) is 18.4 Å². The molecule has 2 N–H and O–H groups in total. The number of quaternary nitrogens is 1. The lowest BCUT2D eigenvalue weighted by Crippen LogP contribution is -3.13. The molecule has 2 aromatic carbocycles. The molecule has 0 radical (unpaired) electrons. The van der Waals surface area contributed by atoms with Crippen molar-refractivity contribution in [1.82, 2.24) is 5.32 Å². The Morgan fingerprint density at radius 1 is 1.17 bits per heavy atom. The second kappa shape index (κ2) is 7.58. The van der Waals surface area contributed by atoms with E-state index in [2.05, 4.69) is 5.32 Å². The van der Waals surface area contributed by atoms with Gasteiger partial charge >= 0.3 is 0 Å². The summed E-state index contributed by atoms with van der Waals surface area (Å²) in [5.41, 5.74) is 1.77. The van der Waals surface area contributed by atoms with Gasteiger partial charge in [0.05, 0.1) is 12.1 Å². The smallest absolute Gasteiger partial charge is 0.275 e. The monoisotopic (exact) mass is 327 g/mol. The highest BCUT2D eigenvalue weighted by Gasteiger charge is 2.35. The summed E-state index contributed by atoms with van der Waals surface area (Å²) in [6.07, 6.45) is 2.23. The number of rotatable bonds is 7. The molecule has 126 valence electrons. The van der Waals surface area contributed by atoms with Gasteiger partial charge in [0.15, 0.2) is 6.54 Å². The number of halogens is 1. The van der Waals surface area contributed by atoms with Crippen LogP contribution in [0.5, 0.6) is 0 Å². The molecule has 24 heavy (non-hydrogen) atoms. The molecule has 0 bridgehead atoms.